The Hall–Kier alpha value is -1.58. The van der Waals surface area contributed by atoms with Crippen LogP contribution >= 0.6 is 0 Å². The summed E-state index contributed by atoms with van der Waals surface area (Å²) in [7, 11) is 0. The van der Waals surface area contributed by atoms with E-state index in [1.165, 1.54) is 0 Å². The summed E-state index contributed by atoms with van der Waals surface area (Å²) in [6.07, 6.45) is -3.47. The molecule has 0 amide bonds. The second kappa shape index (κ2) is 11.3. The van der Waals surface area contributed by atoms with Gasteiger partial charge in [0.25, 0.3) is 0 Å². The van der Waals surface area contributed by atoms with Crippen LogP contribution < -0.4 is 0 Å². The van der Waals surface area contributed by atoms with Crippen molar-refractivity contribution in [1.82, 2.24) is 4.98 Å². The molecule has 0 saturated carbocycles. The Morgan fingerprint density at radius 3 is 1.85 bits per heavy atom. The lowest BCUT2D eigenvalue weighted by Crippen LogP contribution is -2.05. The average molecular weight is 287 g/mol. The molecule has 114 valence electrons. The summed E-state index contributed by atoms with van der Waals surface area (Å²) in [5, 5.41) is 0.502. The van der Waals surface area contributed by atoms with Gasteiger partial charge in [0.2, 0.25) is 0 Å². The molecule has 0 spiro atoms. The highest BCUT2D eigenvalue weighted by molar-refractivity contribution is 5.78. The standard InChI is InChI=1S/C10H6F3N.3C2H6/c11-10(12,13)8-5-7-3-1-2-4-9(7)14-6-8;3*1-2/h1-6H;3*1-2H3. The maximum Gasteiger partial charge on any atom is 0.417 e. The molecule has 0 atom stereocenters. The highest BCUT2D eigenvalue weighted by atomic mass is 19.4. The fourth-order valence-corrected chi connectivity index (χ4v) is 1.23. The molecule has 4 heteroatoms. The van der Waals surface area contributed by atoms with Gasteiger partial charge in [0.15, 0.2) is 0 Å². The van der Waals surface area contributed by atoms with Gasteiger partial charge in [-0.05, 0) is 12.1 Å². The summed E-state index contributed by atoms with van der Waals surface area (Å²) in [5.74, 6) is 0. The van der Waals surface area contributed by atoms with Crippen molar-refractivity contribution in [3.05, 3.63) is 42.1 Å². The number of para-hydroxylation sites is 1. The van der Waals surface area contributed by atoms with Crippen molar-refractivity contribution >= 4 is 10.9 Å². The Morgan fingerprint density at radius 2 is 1.35 bits per heavy atom. The normalized spacial score (nSPS) is 9.25. The highest BCUT2D eigenvalue weighted by Gasteiger charge is 2.30. The minimum Gasteiger partial charge on any atom is -0.256 e. The Kier molecular flexibility index (Phi) is 11.7. The van der Waals surface area contributed by atoms with E-state index in [0.717, 1.165) is 12.3 Å². The topological polar surface area (TPSA) is 12.9 Å². The number of aromatic nitrogens is 1. The van der Waals surface area contributed by atoms with E-state index in [1.54, 1.807) is 24.3 Å². The zero-order chi connectivity index (χ0) is 16.2. The lowest BCUT2D eigenvalue weighted by molar-refractivity contribution is -0.137. The number of hydrogen-bond donors (Lipinski definition) is 0. The number of pyridine rings is 1. The van der Waals surface area contributed by atoms with Crippen molar-refractivity contribution in [2.45, 2.75) is 47.7 Å². The number of hydrogen-bond acceptors (Lipinski definition) is 1. The van der Waals surface area contributed by atoms with E-state index in [9.17, 15) is 13.2 Å². The van der Waals surface area contributed by atoms with Crippen LogP contribution in [0, 0.1) is 0 Å². The lowest BCUT2D eigenvalue weighted by atomic mass is 10.1. The molecule has 0 bridgehead atoms. The predicted molar refractivity (Wildman–Crippen MR) is 80.8 cm³/mol. The molecule has 2 aromatic rings. The van der Waals surface area contributed by atoms with E-state index in [-0.39, 0.29) is 0 Å². The molecule has 1 aromatic carbocycles. The molecule has 0 N–H and O–H groups in total. The Labute approximate surface area is 119 Å². The monoisotopic (exact) mass is 287 g/mol. The van der Waals surface area contributed by atoms with Gasteiger partial charge in [0.1, 0.15) is 0 Å². The third kappa shape index (κ3) is 6.55. The van der Waals surface area contributed by atoms with Gasteiger partial charge in [-0.25, -0.2) is 0 Å². The van der Waals surface area contributed by atoms with Crippen molar-refractivity contribution < 1.29 is 13.2 Å². The van der Waals surface area contributed by atoms with Crippen LogP contribution in [0.1, 0.15) is 47.1 Å². The first-order valence-corrected chi connectivity index (χ1v) is 6.99. The van der Waals surface area contributed by atoms with Crippen molar-refractivity contribution in [1.29, 1.82) is 0 Å². The van der Waals surface area contributed by atoms with E-state index in [1.807, 2.05) is 41.5 Å². The van der Waals surface area contributed by atoms with Crippen LogP contribution in [-0.4, -0.2) is 4.98 Å². The first kappa shape index (κ1) is 20.7. The second-order valence-electron chi connectivity index (χ2n) is 2.91. The molecular weight excluding hydrogens is 263 g/mol. The number of fused-ring (bicyclic) bond motifs is 1. The molecule has 1 aromatic heterocycles. The van der Waals surface area contributed by atoms with Crippen LogP contribution in [0.4, 0.5) is 13.2 Å². The molecule has 0 aliphatic rings. The number of benzene rings is 1. The van der Waals surface area contributed by atoms with Gasteiger partial charge in [0, 0.05) is 11.6 Å². The van der Waals surface area contributed by atoms with Crippen molar-refractivity contribution in [3.63, 3.8) is 0 Å². The number of nitrogens with zero attached hydrogens (tertiary/aromatic N) is 1. The summed E-state index contributed by atoms with van der Waals surface area (Å²) < 4.78 is 36.8. The molecule has 1 heterocycles. The van der Waals surface area contributed by atoms with E-state index >= 15 is 0 Å². The Balaban J connectivity index is 0. The molecule has 0 aliphatic heterocycles. The number of alkyl halides is 3. The van der Waals surface area contributed by atoms with Crippen LogP contribution in [0.2, 0.25) is 0 Å². The van der Waals surface area contributed by atoms with Gasteiger partial charge in [-0.3, -0.25) is 4.98 Å². The first-order valence-electron chi connectivity index (χ1n) is 6.99. The zero-order valence-electron chi connectivity index (χ0n) is 13.0. The SMILES string of the molecule is CC.CC.CC.FC(F)(F)c1cnc2ccccc2c1. The summed E-state index contributed by atoms with van der Waals surface area (Å²) in [6.45, 7) is 12.0. The summed E-state index contributed by atoms with van der Waals surface area (Å²) in [4.78, 5) is 3.73. The molecule has 2 rings (SSSR count). The lowest BCUT2D eigenvalue weighted by Gasteiger charge is -2.06. The van der Waals surface area contributed by atoms with E-state index in [0.29, 0.717) is 10.9 Å². The van der Waals surface area contributed by atoms with Gasteiger partial charge in [-0.2, -0.15) is 13.2 Å². The minimum atomic E-state index is -4.32. The maximum absolute atomic E-state index is 12.3. The third-order valence-corrected chi connectivity index (χ3v) is 1.92. The van der Waals surface area contributed by atoms with Gasteiger partial charge in [0.05, 0.1) is 11.1 Å². The van der Waals surface area contributed by atoms with Crippen molar-refractivity contribution in [3.8, 4) is 0 Å². The Morgan fingerprint density at radius 1 is 0.850 bits per heavy atom. The van der Waals surface area contributed by atoms with Gasteiger partial charge in [-0.15, -0.1) is 0 Å². The third-order valence-electron chi connectivity index (χ3n) is 1.92. The fraction of sp³-hybridized carbons (Fsp3) is 0.438. The minimum absolute atomic E-state index is 0.502. The zero-order valence-corrected chi connectivity index (χ0v) is 13.0. The Bertz CT molecular complexity index is 464. The van der Waals surface area contributed by atoms with Crippen LogP contribution in [0.25, 0.3) is 10.9 Å². The number of rotatable bonds is 0. The summed E-state index contributed by atoms with van der Waals surface area (Å²) >= 11 is 0. The van der Waals surface area contributed by atoms with Gasteiger partial charge >= 0.3 is 6.18 Å². The largest absolute Gasteiger partial charge is 0.417 e. The fourth-order valence-electron chi connectivity index (χ4n) is 1.23. The average Bonchev–Trinajstić information content (AvgIpc) is 2.52. The van der Waals surface area contributed by atoms with Crippen LogP contribution in [0.15, 0.2) is 36.5 Å². The molecule has 20 heavy (non-hydrogen) atoms. The molecule has 1 nitrogen and oxygen atoms in total. The van der Waals surface area contributed by atoms with Crippen molar-refractivity contribution in [2.24, 2.45) is 0 Å². The van der Waals surface area contributed by atoms with Gasteiger partial charge in [-0.1, -0.05) is 59.7 Å². The van der Waals surface area contributed by atoms with E-state index in [2.05, 4.69) is 4.98 Å². The quantitative estimate of drug-likeness (QED) is 0.551. The molecule has 0 saturated heterocycles. The summed E-state index contributed by atoms with van der Waals surface area (Å²) in [6, 6.07) is 7.81. The summed E-state index contributed by atoms with van der Waals surface area (Å²) in [5.41, 5.74) is -0.142. The van der Waals surface area contributed by atoms with E-state index < -0.39 is 11.7 Å². The predicted octanol–water partition coefficient (Wildman–Crippen LogP) is 6.33. The molecule has 0 fully saturated rings. The molecule has 0 unspecified atom stereocenters. The maximum atomic E-state index is 12.3. The van der Waals surface area contributed by atoms with Crippen LogP contribution in [0.5, 0.6) is 0 Å². The van der Waals surface area contributed by atoms with E-state index in [4.69, 9.17) is 0 Å². The second-order valence-corrected chi connectivity index (χ2v) is 2.91. The first-order chi connectivity index (χ1) is 9.57. The van der Waals surface area contributed by atoms with Crippen LogP contribution in [0.3, 0.4) is 0 Å². The van der Waals surface area contributed by atoms with Gasteiger partial charge < -0.3 is 0 Å². The molecular formula is C16H24F3N. The highest BCUT2D eigenvalue weighted by Crippen LogP contribution is 2.30. The molecule has 0 aliphatic carbocycles. The smallest absolute Gasteiger partial charge is 0.256 e. The number of halogens is 3. The molecule has 0 radical (unpaired) electrons. The van der Waals surface area contributed by atoms with Crippen LogP contribution in [-0.2, 0) is 6.18 Å². The van der Waals surface area contributed by atoms with Crippen molar-refractivity contribution in [2.75, 3.05) is 0 Å².